The van der Waals surface area contributed by atoms with E-state index in [1.807, 2.05) is 0 Å². The van der Waals surface area contributed by atoms with Gasteiger partial charge in [-0.1, -0.05) is 11.8 Å². The number of anilines is 1. The molecule has 5 rings (SSSR count). The van der Waals surface area contributed by atoms with Gasteiger partial charge in [-0.15, -0.1) is 5.10 Å². The Morgan fingerprint density at radius 3 is 2.79 bits per heavy atom. The summed E-state index contributed by atoms with van der Waals surface area (Å²) in [7, 11) is 4.58. The topological polar surface area (TPSA) is 160 Å². The van der Waals surface area contributed by atoms with E-state index in [1.165, 1.54) is 39.6 Å². The molecule has 0 aromatic carbocycles. The summed E-state index contributed by atoms with van der Waals surface area (Å²) in [4.78, 5) is 42.7. The molecule has 14 nitrogen and oxygen atoms in total. The minimum Gasteiger partial charge on any atom is -1.00 e. The summed E-state index contributed by atoms with van der Waals surface area (Å²) in [5.41, 5.74) is -0.0804. The largest absolute Gasteiger partial charge is 1.00 e. The zero-order valence-corrected chi connectivity index (χ0v) is 21.0. The Balaban J connectivity index is 0.00000162. The predicted octanol–water partition coefficient (Wildman–Crippen LogP) is -3.12. The van der Waals surface area contributed by atoms with Crippen molar-refractivity contribution in [1.82, 2.24) is 35.2 Å². The molecule has 2 fully saturated rings. The van der Waals surface area contributed by atoms with E-state index in [0.29, 0.717) is 23.0 Å². The first-order valence-corrected chi connectivity index (χ1v) is 10.4. The number of carboxylic acid groups (broad SMARTS) is 1. The van der Waals surface area contributed by atoms with Gasteiger partial charge in [0.2, 0.25) is 11.0 Å². The van der Waals surface area contributed by atoms with Gasteiger partial charge in [-0.05, 0) is 22.0 Å². The molecule has 0 saturated carbocycles. The summed E-state index contributed by atoms with van der Waals surface area (Å²) >= 11 is 1.11. The number of hydrogen-bond acceptors (Lipinski definition) is 10. The molecule has 0 aliphatic carbocycles. The molecule has 16 heteroatoms. The van der Waals surface area contributed by atoms with Crippen molar-refractivity contribution < 1.29 is 59.7 Å². The average Bonchev–Trinajstić information content (AvgIpc) is 3.49. The number of β-lactam (4-membered cyclic amide) rings is 1. The van der Waals surface area contributed by atoms with Crippen molar-refractivity contribution in [1.29, 1.82) is 0 Å². The molecule has 3 amide bonds. The number of amides is 3. The van der Waals surface area contributed by atoms with Crippen LogP contribution >= 0.6 is 11.8 Å². The third-order valence-corrected chi connectivity index (χ3v) is 7.00. The second-order valence-corrected chi connectivity index (χ2v) is 8.64. The number of thioether (sulfide) groups is 1. The third kappa shape index (κ3) is 3.59. The van der Waals surface area contributed by atoms with E-state index >= 15 is 0 Å². The van der Waals surface area contributed by atoms with Crippen molar-refractivity contribution in [2.45, 2.75) is 23.7 Å². The van der Waals surface area contributed by atoms with Gasteiger partial charge in [0.1, 0.15) is 11.7 Å². The van der Waals surface area contributed by atoms with Crippen LogP contribution in [0.2, 0.25) is 0 Å². The quantitative estimate of drug-likeness (QED) is 0.336. The number of methoxy groups -OCH3 is 1. The molecule has 33 heavy (non-hydrogen) atoms. The number of aryl methyl sites for hydroxylation is 1. The Labute approximate surface area is 214 Å². The van der Waals surface area contributed by atoms with Crippen molar-refractivity contribution in [2.24, 2.45) is 13.0 Å². The van der Waals surface area contributed by atoms with E-state index in [9.17, 15) is 19.5 Å². The number of allylic oxidation sites excluding steroid dienone is 1. The molecule has 0 bridgehead atoms. The second kappa shape index (κ2) is 8.62. The standard InChI is InChI=1S/C17H18N8O6S.Na.H/c1-22(10-5-9(30-3)19-31-10)17(29)24-6-7-4-8(32-16-18-20-21-23(16)2)12(15(27)28)25-11(7)13(24)14(25)26;;/h5,7,11,13H,4,6H2,1-3H3,(H,27,28);;/q;+1;-1/t7-,11-,13+;;/m1../s1. The monoisotopic (exact) mass is 486 g/mol. The van der Waals surface area contributed by atoms with Crippen LogP contribution in [0.3, 0.4) is 0 Å². The fourth-order valence-corrected chi connectivity index (χ4v) is 5.43. The van der Waals surface area contributed by atoms with Crippen LogP contribution in [-0.4, -0.2) is 91.0 Å². The molecular formula is C17H19N8NaO6S. The number of carboxylic acids is 1. The second-order valence-electron chi connectivity index (χ2n) is 7.57. The molecule has 0 spiro atoms. The fourth-order valence-electron chi connectivity index (χ4n) is 4.39. The number of tetrazole rings is 1. The van der Waals surface area contributed by atoms with Crippen LogP contribution in [-0.2, 0) is 16.6 Å². The number of aromatic nitrogens is 5. The number of rotatable bonds is 5. The van der Waals surface area contributed by atoms with E-state index in [1.54, 1.807) is 7.05 Å². The van der Waals surface area contributed by atoms with Crippen LogP contribution in [0.5, 0.6) is 5.88 Å². The SMILES string of the molecule is COc1cc(N(C)C(=O)N2C[C@H]3CC(Sc4nnnn4C)=C(C(=O)O)N4C(=O)[C@@H]2[C@@H]34)on1.[H-].[Na+]. The van der Waals surface area contributed by atoms with Crippen LogP contribution in [0.25, 0.3) is 0 Å². The molecule has 2 saturated heterocycles. The van der Waals surface area contributed by atoms with Gasteiger partial charge >= 0.3 is 41.6 Å². The number of hydrogen-bond donors (Lipinski definition) is 1. The number of aliphatic carboxylic acids is 1. The van der Waals surface area contributed by atoms with Gasteiger partial charge in [0, 0.05) is 31.5 Å². The van der Waals surface area contributed by atoms with Crippen LogP contribution in [0.4, 0.5) is 10.7 Å². The molecule has 5 heterocycles. The summed E-state index contributed by atoms with van der Waals surface area (Å²) < 4.78 is 11.5. The van der Waals surface area contributed by atoms with E-state index in [0.717, 1.165) is 11.8 Å². The molecule has 3 atom stereocenters. The maximum absolute atomic E-state index is 13.2. The first-order valence-electron chi connectivity index (χ1n) is 9.56. The van der Waals surface area contributed by atoms with Gasteiger partial charge in [0.25, 0.3) is 11.8 Å². The molecule has 1 N–H and O–H groups in total. The molecule has 170 valence electrons. The van der Waals surface area contributed by atoms with Crippen molar-refractivity contribution in [2.75, 3.05) is 25.6 Å². The van der Waals surface area contributed by atoms with Gasteiger partial charge < -0.3 is 20.7 Å². The normalized spacial score (nSPS) is 23.1. The van der Waals surface area contributed by atoms with Gasteiger partial charge in [-0.3, -0.25) is 14.6 Å². The first kappa shape index (κ1) is 23.5. The first-order chi connectivity index (χ1) is 15.3. The third-order valence-electron chi connectivity index (χ3n) is 5.86. The molecule has 0 unspecified atom stereocenters. The summed E-state index contributed by atoms with van der Waals surface area (Å²) in [6.45, 7) is 0.292. The number of nitrogens with zero attached hydrogens (tertiary/aromatic N) is 8. The molecule has 2 aromatic rings. The number of ether oxygens (including phenoxy) is 1. The van der Waals surface area contributed by atoms with Crippen molar-refractivity contribution in [3.8, 4) is 5.88 Å². The van der Waals surface area contributed by atoms with Gasteiger partial charge in [-0.25, -0.2) is 14.3 Å². The molecule has 0 radical (unpaired) electrons. The minimum absolute atomic E-state index is 0. The number of urea groups is 1. The van der Waals surface area contributed by atoms with Gasteiger partial charge in [0.05, 0.1) is 19.2 Å². The Kier molecular flexibility index (Phi) is 6.15. The molecular weight excluding hydrogens is 467 g/mol. The van der Waals surface area contributed by atoms with Crippen LogP contribution in [0, 0.1) is 5.92 Å². The van der Waals surface area contributed by atoms with E-state index in [2.05, 4.69) is 20.7 Å². The number of likely N-dealkylation sites (tertiary alicyclic amines) is 1. The molecule has 2 aromatic heterocycles. The van der Waals surface area contributed by atoms with Crippen molar-refractivity contribution in [3.63, 3.8) is 0 Å². The summed E-state index contributed by atoms with van der Waals surface area (Å²) in [6, 6.07) is -0.0990. The van der Waals surface area contributed by atoms with E-state index in [4.69, 9.17) is 9.26 Å². The maximum atomic E-state index is 13.2. The van der Waals surface area contributed by atoms with Gasteiger partial charge in [0.15, 0.2) is 0 Å². The summed E-state index contributed by atoms with van der Waals surface area (Å²) in [6.07, 6.45) is 0.383. The maximum Gasteiger partial charge on any atom is 1.00 e. The molecule has 3 aliphatic heterocycles. The fraction of sp³-hybridized carbons (Fsp3) is 0.471. The van der Waals surface area contributed by atoms with Gasteiger partial charge in [-0.2, -0.15) is 0 Å². The van der Waals surface area contributed by atoms with Crippen molar-refractivity contribution in [3.05, 3.63) is 16.7 Å². The van der Waals surface area contributed by atoms with E-state index < -0.39 is 30.0 Å². The Morgan fingerprint density at radius 1 is 1.42 bits per heavy atom. The smallest absolute Gasteiger partial charge is 1.00 e. The van der Waals surface area contributed by atoms with Crippen molar-refractivity contribution >= 4 is 35.6 Å². The Hall–Kier alpha value is -2.62. The van der Waals surface area contributed by atoms with E-state index in [-0.39, 0.29) is 54.4 Å². The zero-order chi connectivity index (χ0) is 22.7. The zero-order valence-electron chi connectivity index (χ0n) is 19.2. The summed E-state index contributed by atoms with van der Waals surface area (Å²) in [5, 5.41) is 25.1. The predicted molar refractivity (Wildman–Crippen MR) is 107 cm³/mol. The van der Waals surface area contributed by atoms with Crippen LogP contribution in [0.1, 0.15) is 7.85 Å². The Bertz CT molecular complexity index is 1170. The minimum atomic E-state index is -1.21. The van der Waals surface area contributed by atoms with Crippen LogP contribution < -0.4 is 39.2 Å². The Morgan fingerprint density at radius 2 is 2.18 bits per heavy atom. The van der Waals surface area contributed by atoms with Crippen LogP contribution in [0.15, 0.2) is 26.3 Å². The molecule has 3 aliphatic rings. The number of carbonyl (C=O) groups is 3. The average molecular weight is 486 g/mol. The summed E-state index contributed by atoms with van der Waals surface area (Å²) in [5.74, 6) is -1.37. The number of carbonyl (C=O) groups excluding carboxylic acids is 2.